The first-order valence-electron chi connectivity index (χ1n) is 10.7. The van der Waals surface area contributed by atoms with Gasteiger partial charge in [-0.1, -0.05) is 56.1 Å². The van der Waals surface area contributed by atoms with Gasteiger partial charge in [0, 0.05) is 34.0 Å². The summed E-state index contributed by atoms with van der Waals surface area (Å²) in [5.41, 5.74) is 1.14. The summed E-state index contributed by atoms with van der Waals surface area (Å²) in [5, 5.41) is 12.9. The molecular weight excluding hydrogens is 447 g/mol. The van der Waals surface area contributed by atoms with Gasteiger partial charge in [0.15, 0.2) is 0 Å². The lowest BCUT2D eigenvalue weighted by molar-refractivity contribution is 0.0761. The molecule has 32 heavy (non-hydrogen) atoms. The number of benzene rings is 2. The van der Waals surface area contributed by atoms with Gasteiger partial charge in [-0.05, 0) is 66.5 Å². The quantitative estimate of drug-likeness (QED) is 0.395. The van der Waals surface area contributed by atoms with Gasteiger partial charge in [0.25, 0.3) is 0 Å². The molecule has 0 aromatic heterocycles. The summed E-state index contributed by atoms with van der Waals surface area (Å²) >= 11 is 12.0. The van der Waals surface area contributed by atoms with Crippen molar-refractivity contribution in [2.45, 2.75) is 46.1 Å². The predicted octanol–water partition coefficient (Wildman–Crippen LogP) is 6.52. The Hall–Kier alpha value is -2.44. The average Bonchev–Trinajstić information content (AvgIpc) is 2.65. The van der Waals surface area contributed by atoms with Crippen LogP contribution in [-0.2, 0) is 0 Å². The molecule has 172 valence electrons. The Kier molecular flexibility index (Phi) is 7.57. The van der Waals surface area contributed by atoms with Crippen LogP contribution in [0.15, 0.2) is 48.5 Å². The molecule has 1 saturated carbocycles. The first-order chi connectivity index (χ1) is 15.0. The van der Waals surface area contributed by atoms with Gasteiger partial charge in [-0.15, -0.1) is 0 Å². The molecule has 0 heterocycles. The van der Waals surface area contributed by atoms with Crippen LogP contribution in [0.4, 0.5) is 21.0 Å². The molecular formula is C24H30Cl2N4O2. The first-order valence-corrected chi connectivity index (χ1v) is 11.4. The van der Waals surface area contributed by atoms with Crippen LogP contribution in [0.1, 0.15) is 40.0 Å². The van der Waals surface area contributed by atoms with Crippen LogP contribution in [0.2, 0.25) is 10.0 Å². The van der Waals surface area contributed by atoms with Crippen molar-refractivity contribution in [3.05, 3.63) is 58.6 Å². The van der Waals surface area contributed by atoms with Gasteiger partial charge >= 0.3 is 12.1 Å². The second-order valence-corrected chi connectivity index (χ2v) is 10.6. The third-order valence-electron chi connectivity index (χ3n) is 5.62. The van der Waals surface area contributed by atoms with Crippen molar-refractivity contribution in [1.29, 1.82) is 0 Å². The highest BCUT2D eigenvalue weighted by Gasteiger charge is 2.41. The number of nitrogens with one attached hydrogen (secondary N) is 4. The molecule has 2 aromatic rings. The highest BCUT2D eigenvalue weighted by atomic mass is 35.5. The summed E-state index contributed by atoms with van der Waals surface area (Å²) in [7, 11) is 0. The largest absolute Gasteiger partial charge is 0.337 e. The highest BCUT2D eigenvalue weighted by Crippen LogP contribution is 2.45. The molecule has 1 aliphatic rings. The molecule has 0 spiro atoms. The molecule has 0 saturated heterocycles. The van der Waals surface area contributed by atoms with E-state index < -0.39 is 0 Å². The third kappa shape index (κ3) is 7.31. The zero-order valence-electron chi connectivity index (χ0n) is 18.6. The van der Waals surface area contributed by atoms with E-state index in [0.717, 1.165) is 19.3 Å². The Bertz CT molecular complexity index is 982. The Labute approximate surface area is 199 Å². The van der Waals surface area contributed by atoms with Crippen molar-refractivity contribution in [3.8, 4) is 0 Å². The van der Waals surface area contributed by atoms with Crippen LogP contribution in [0.25, 0.3) is 0 Å². The van der Waals surface area contributed by atoms with E-state index >= 15 is 0 Å². The number of hydrogen-bond acceptors (Lipinski definition) is 2. The van der Waals surface area contributed by atoms with Crippen molar-refractivity contribution >= 4 is 46.6 Å². The fourth-order valence-electron chi connectivity index (χ4n) is 4.82. The Morgan fingerprint density at radius 2 is 1.47 bits per heavy atom. The number of halogens is 2. The number of carbonyl (C=O) groups is 2. The van der Waals surface area contributed by atoms with E-state index in [2.05, 4.69) is 42.0 Å². The van der Waals surface area contributed by atoms with Crippen molar-refractivity contribution < 1.29 is 9.59 Å². The molecule has 0 aliphatic heterocycles. The van der Waals surface area contributed by atoms with E-state index in [9.17, 15) is 9.59 Å². The molecule has 1 aliphatic carbocycles. The van der Waals surface area contributed by atoms with Gasteiger partial charge in [-0.3, -0.25) is 0 Å². The van der Waals surface area contributed by atoms with Crippen LogP contribution in [0.3, 0.4) is 0 Å². The fraction of sp³-hybridized carbons (Fsp3) is 0.417. The maximum Gasteiger partial charge on any atom is 0.319 e. The maximum absolute atomic E-state index is 12.6. The van der Waals surface area contributed by atoms with Crippen LogP contribution < -0.4 is 21.3 Å². The number of hydrogen-bond donors (Lipinski definition) is 4. The van der Waals surface area contributed by atoms with Gasteiger partial charge in [-0.2, -0.15) is 0 Å². The second kappa shape index (κ2) is 10.0. The molecule has 6 nitrogen and oxygen atoms in total. The molecule has 4 N–H and O–H groups in total. The first kappa shape index (κ1) is 24.2. The van der Waals surface area contributed by atoms with E-state index in [4.69, 9.17) is 23.2 Å². The van der Waals surface area contributed by atoms with Gasteiger partial charge in [0.1, 0.15) is 0 Å². The lowest BCUT2D eigenvalue weighted by Gasteiger charge is -2.46. The predicted molar refractivity (Wildman–Crippen MR) is 132 cm³/mol. The summed E-state index contributed by atoms with van der Waals surface area (Å²) in [5.74, 6) is 0. The topological polar surface area (TPSA) is 82.3 Å². The van der Waals surface area contributed by atoms with Crippen molar-refractivity contribution in [2.75, 3.05) is 17.2 Å². The molecule has 0 bridgehead atoms. The van der Waals surface area contributed by atoms with E-state index in [-0.39, 0.29) is 28.9 Å². The Morgan fingerprint density at radius 1 is 0.906 bits per heavy atom. The minimum Gasteiger partial charge on any atom is -0.337 e. The number of amides is 4. The normalized spacial score (nSPS) is 22.0. The van der Waals surface area contributed by atoms with E-state index in [1.54, 1.807) is 48.5 Å². The van der Waals surface area contributed by atoms with Gasteiger partial charge in [0.05, 0.1) is 0 Å². The molecule has 0 radical (unpaired) electrons. The number of anilines is 2. The lowest BCUT2D eigenvalue weighted by Crippen LogP contribution is -2.51. The summed E-state index contributed by atoms with van der Waals surface area (Å²) in [6.07, 6.45) is 2.56. The lowest BCUT2D eigenvalue weighted by atomic mass is 9.62. The highest BCUT2D eigenvalue weighted by molar-refractivity contribution is 6.31. The zero-order valence-corrected chi connectivity index (χ0v) is 20.1. The van der Waals surface area contributed by atoms with Gasteiger partial charge in [-0.25, -0.2) is 9.59 Å². The van der Waals surface area contributed by atoms with E-state index in [0.29, 0.717) is 28.0 Å². The smallest absolute Gasteiger partial charge is 0.319 e. The standard InChI is InChI=1S/C24H30Cl2N4O2/c1-23(2)12-20(30-22(32)29-19-9-5-7-17(26)11-19)13-24(3,14-23)15-27-21(31)28-18-8-4-6-16(25)10-18/h4-11,20H,12-15H2,1-3H3,(H2,27,28,31)(H2,29,30,32)/t20-,24+/m1/s1. The fourth-order valence-corrected chi connectivity index (χ4v) is 5.21. The molecule has 1 fully saturated rings. The van der Waals surface area contributed by atoms with E-state index in [1.807, 2.05) is 0 Å². The van der Waals surface area contributed by atoms with Gasteiger partial charge in [0.2, 0.25) is 0 Å². The molecule has 4 amide bonds. The molecule has 3 rings (SSSR count). The number of carbonyl (C=O) groups excluding carboxylic acids is 2. The van der Waals surface area contributed by atoms with Crippen LogP contribution in [-0.4, -0.2) is 24.6 Å². The summed E-state index contributed by atoms with van der Waals surface area (Å²) in [4.78, 5) is 25.0. The van der Waals surface area contributed by atoms with Gasteiger partial charge < -0.3 is 21.3 Å². The summed E-state index contributed by atoms with van der Waals surface area (Å²) in [6.45, 7) is 7.04. The Morgan fingerprint density at radius 3 is 2.03 bits per heavy atom. The summed E-state index contributed by atoms with van der Waals surface area (Å²) in [6, 6.07) is 13.5. The number of urea groups is 2. The van der Waals surface area contributed by atoms with E-state index in [1.165, 1.54) is 0 Å². The zero-order chi connectivity index (χ0) is 23.4. The van der Waals surface area contributed by atoms with Crippen molar-refractivity contribution in [3.63, 3.8) is 0 Å². The molecule has 2 aromatic carbocycles. The minimum atomic E-state index is -0.278. The molecule has 8 heteroatoms. The second-order valence-electron chi connectivity index (χ2n) is 9.68. The SMILES string of the molecule is CC1(C)C[C@@H](NC(=O)Nc2cccc(Cl)c2)C[C@](C)(CNC(=O)Nc2cccc(Cl)c2)C1. The minimum absolute atomic E-state index is 0.0132. The van der Waals surface area contributed by atoms with Crippen LogP contribution in [0, 0.1) is 10.8 Å². The average molecular weight is 477 g/mol. The Balaban J connectivity index is 1.57. The van der Waals surface area contributed by atoms with Crippen molar-refractivity contribution in [1.82, 2.24) is 10.6 Å². The monoisotopic (exact) mass is 476 g/mol. The van der Waals surface area contributed by atoms with Crippen LogP contribution >= 0.6 is 23.2 Å². The summed E-state index contributed by atoms with van der Waals surface area (Å²) < 4.78 is 0. The third-order valence-corrected chi connectivity index (χ3v) is 6.09. The molecule has 2 atom stereocenters. The maximum atomic E-state index is 12.6. The molecule has 0 unspecified atom stereocenters. The number of rotatable bonds is 5. The van der Waals surface area contributed by atoms with Crippen molar-refractivity contribution in [2.24, 2.45) is 10.8 Å². The van der Waals surface area contributed by atoms with Crippen LogP contribution in [0.5, 0.6) is 0 Å².